The molecule has 9 heteroatoms. The molecule has 2 aromatic carbocycles. The lowest BCUT2D eigenvalue weighted by Crippen LogP contribution is -2.17. The van der Waals surface area contributed by atoms with Gasteiger partial charge in [-0.1, -0.05) is 12.1 Å². The quantitative estimate of drug-likeness (QED) is 0.615. The summed E-state index contributed by atoms with van der Waals surface area (Å²) in [4.78, 5) is 0. The minimum Gasteiger partial charge on any atom is -0.406 e. The van der Waals surface area contributed by atoms with Crippen molar-refractivity contribution >= 4 is 17.0 Å². The Morgan fingerprint density at radius 1 is 1.11 bits per heavy atom. The molecule has 0 fully saturated rings. The van der Waals surface area contributed by atoms with Gasteiger partial charge >= 0.3 is 6.36 Å². The predicted octanol–water partition coefficient (Wildman–Crippen LogP) is 4.66. The van der Waals surface area contributed by atoms with Crippen LogP contribution in [-0.4, -0.2) is 27.9 Å². The van der Waals surface area contributed by atoms with Crippen molar-refractivity contribution in [2.45, 2.75) is 19.3 Å². The number of rotatable bonds is 6. The number of alkyl halides is 3. The first-order valence-electron chi connectivity index (χ1n) is 8.24. The van der Waals surface area contributed by atoms with Gasteiger partial charge in [0.1, 0.15) is 17.4 Å². The Balaban J connectivity index is 2.06. The molecule has 28 heavy (non-hydrogen) atoms. The maximum atomic E-state index is 14.0. The van der Waals surface area contributed by atoms with E-state index in [1.807, 2.05) is 0 Å². The molecule has 0 saturated carbocycles. The number of hydrogen-bond donors (Lipinski definition) is 1. The van der Waals surface area contributed by atoms with Crippen LogP contribution in [0.15, 0.2) is 42.5 Å². The van der Waals surface area contributed by atoms with Gasteiger partial charge < -0.3 is 9.84 Å². The van der Waals surface area contributed by atoms with Crippen LogP contribution in [0.3, 0.4) is 0 Å². The molecule has 0 aliphatic rings. The lowest BCUT2D eigenvalue weighted by molar-refractivity contribution is -0.274. The molecule has 0 amide bonds. The largest absolute Gasteiger partial charge is 0.573 e. The Bertz CT molecular complexity index is 1010. The summed E-state index contributed by atoms with van der Waals surface area (Å²) in [6.45, 7) is -0.189. The first-order chi connectivity index (χ1) is 13.3. The highest BCUT2D eigenvalue weighted by atomic mass is 19.4. The van der Waals surface area contributed by atoms with E-state index in [0.29, 0.717) is 17.5 Å². The standard InChI is InChI=1S/C19H15F5N2O2/c20-13-5-4-12(16(21)9-13)11-26-18-10-14(28-19(22,23)24)6-7-15(18)17(25-26)3-1-2-8-27/h1,3-7,9-10,27H,2,8,11H2. The molecule has 4 nitrogen and oxygen atoms in total. The van der Waals surface area contributed by atoms with Crippen molar-refractivity contribution in [3.63, 3.8) is 0 Å². The van der Waals surface area contributed by atoms with Crippen LogP contribution in [0.4, 0.5) is 22.0 Å². The van der Waals surface area contributed by atoms with Crippen molar-refractivity contribution < 1.29 is 31.8 Å². The van der Waals surface area contributed by atoms with E-state index in [9.17, 15) is 22.0 Å². The number of hydrogen-bond acceptors (Lipinski definition) is 3. The zero-order valence-electron chi connectivity index (χ0n) is 14.4. The highest BCUT2D eigenvalue weighted by Crippen LogP contribution is 2.29. The molecule has 0 spiro atoms. The molecule has 0 atom stereocenters. The summed E-state index contributed by atoms with van der Waals surface area (Å²) in [7, 11) is 0. The molecule has 0 bridgehead atoms. The average Bonchev–Trinajstić information content (AvgIpc) is 2.93. The van der Waals surface area contributed by atoms with Crippen molar-refractivity contribution in [2.75, 3.05) is 6.61 Å². The van der Waals surface area contributed by atoms with Crippen molar-refractivity contribution in [3.05, 3.63) is 65.4 Å². The summed E-state index contributed by atoms with van der Waals surface area (Å²) in [6.07, 6.45) is -1.22. The highest BCUT2D eigenvalue weighted by molar-refractivity contribution is 5.88. The van der Waals surface area contributed by atoms with Gasteiger partial charge in [0.15, 0.2) is 0 Å². The number of halogens is 5. The number of aromatic nitrogens is 2. The van der Waals surface area contributed by atoms with Crippen molar-refractivity contribution in [1.29, 1.82) is 0 Å². The Morgan fingerprint density at radius 2 is 1.89 bits per heavy atom. The Hall–Kier alpha value is -2.94. The molecule has 0 aliphatic heterocycles. The number of nitrogens with zero attached hydrogens (tertiary/aromatic N) is 2. The minimum atomic E-state index is -4.86. The van der Waals surface area contributed by atoms with Gasteiger partial charge in [0.05, 0.1) is 17.8 Å². The number of fused-ring (bicyclic) bond motifs is 1. The second kappa shape index (κ2) is 7.97. The molecule has 1 heterocycles. The molecule has 0 radical (unpaired) electrons. The van der Waals surface area contributed by atoms with E-state index >= 15 is 0 Å². The summed E-state index contributed by atoms with van der Waals surface area (Å²) in [5.41, 5.74) is 0.845. The minimum absolute atomic E-state index is 0.0699. The smallest absolute Gasteiger partial charge is 0.406 e. The van der Waals surface area contributed by atoms with E-state index in [4.69, 9.17) is 5.11 Å². The number of ether oxygens (including phenoxy) is 1. The summed E-state index contributed by atoms with van der Waals surface area (Å²) in [5.74, 6) is -1.96. The van der Waals surface area contributed by atoms with Crippen LogP contribution in [0.1, 0.15) is 17.7 Å². The van der Waals surface area contributed by atoms with Crippen LogP contribution < -0.4 is 4.74 Å². The van der Waals surface area contributed by atoms with Crippen LogP contribution in [0, 0.1) is 11.6 Å². The van der Waals surface area contributed by atoms with Crippen molar-refractivity contribution in [3.8, 4) is 5.75 Å². The van der Waals surface area contributed by atoms with Gasteiger partial charge in [-0.25, -0.2) is 8.78 Å². The fourth-order valence-electron chi connectivity index (χ4n) is 2.70. The Kier molecular flexibility index (Phi) is 5.64. The summed E-state index contributed by atoms with van der Waals surface area (Å²) in [6, 6.07) is 6.78. The van der Waals surface area contributed by atoms with Gasteiger partial charge in [-0.3, -0.25) is 4.68 Å². The maximum Gasteiger partial charge on any atom is 0.573 e. The van der Waals surface area contributed by atoms with E-state index in [0.717, 1.165) is 24.3 Å². The summed E-state index contributed by atoms with van der Waals surface area (Å²) < 4.78 is 69.9. The zero-order chi connectivity index (χ0) is 20.3. The Labute approximate surface area is 156 Å². The van der Waals surface area contributed by atoms with Crippen LogP contribution in [0.5, 0.6) is 5.75 Å². The topological polar surface area (TPSA) is 47.3 Å². The van der Waals surface area contributed by atoms with Gasteiger partial charge in [0.2, 0.25) is 0 Å². The molecular weight excluding hydrogens is 383 g/mol. The Morgan fingerprint density at radius 3 is 2.57 bits per heavy atom. The molecular formula is C19H15F5N2O2. The number of benzene rings is 2. The maximum absolute atomic E-state index is 14.0. The van der Waals surface area contributed by atoms with Gasteiger partial charge in [0.25, 0.3) is 0 Å². The normalized spacial score (nSPS) is 12.2. The SMILES string of the molecule is OCCC=Cc1nn(Cc2ccc(F)cc2F)c2cc(OC(F)(F)F)ccc12. The fourth-order valence-corrected chi connectivity index (χ4v) is 2.70. The first-order valence-corrected chi connectivity index (χ1v) is 8.24. The van der Waals surface area contributed by atoms with Crippen LogP contribution in [0.2, 0.25) is 0 Å². The molecule has 0 aliphatic carbocycles. The zero-order valence-corrected chi connectivity index (χ0v) is 14.4. The highest BCUT2D eigenvalue weighted by Gasteiger charge is 2.31. The summed E-state index contributed by atoms with van der Waals surface area (Å²) >= 11 is 0. The van der Waals surface area contributed by atoms with Crippen LogP contribution in [0.25, 0.3) is 17.0 Å². The van der Waals surface area contributed by atoms with Crippen LogP contribution >= 0.6 is 0 Å². The molecule has 148 valence electrons. The van der Waals surface area contributed by atoms with E-state index < -0.39 is 23.7 Å². The molecule has 0 unspecified atom stereocenters. The lowest BCUT2D eigenvalue weighted by Gasteiger charge is -2.10. The lowest BCUT2D eigenvalue weighted by atomic mass is 10.1. The van der Waals surface area contributed by atoms with Crippen molar-refractivity contribution in [1.82, 2.24) is 9.78 Å². The van der Waals surface area contributed by atoms with E-state index in [1.165, 1.54) is 16.8 Å². The second-order valence-electron chi connectivity index (χ2n) is 5.92. The van der Waals surface area contributed by atoms with Gasteiger partial charge in [0, 0.05) is 29.7 Å². The fraction of sp³-hybridized carbons (Fsp3) is 0.211. The third kappa shape index (κ3) is 4.66. The van der Waals surface area contributed by atoms with E-state index in [1.54, 1.807) is 12.2 Å². The number of aliphatic hydroxyl groups excluding tert-OH is 1. The van der Waals surface area contributed by atoms with Gasteiger partial charge in [-0.05, 0) is 30.7 Å². The van der Waals surface area contributed by atoms with E-state index in [2.05, 4.69) is 9.84 Å². The third-order valence-corrected chi connectivity index (χ3v) is 3.89. The molecule has 1 N–H and O–H groups in total. The molecule has 3 aromatic rings. The second-order valence-corrected chi connectivity index (χ2v) is 5.92. The monoisotopic (exact) mass is 398 g/mol. The van der Waals surface area contributed by atoms with Gasteiger partial charge in [-0.15, -0.1) is 13.2 Å². The number of aliphatic hydroxyl groups is 1. The molecule has 1 aromatic heterocycles. The summed E-state index contributed by atoms with van der Waals surface area (Å²) in [5, 5.41) is 13.7. The van der Waals surface area contributed by atoms with Gasteiger partial charge in [-0.2, -0.15) is 5.10 Å². The predicted molar refractivity (Wildman–Crippen MR) is 92.6 cm³/mol. The van der Waals surface area contributed by atoms with Crippen LogP contribution in [-0.2, 0) is 6.54 Å². The third-order valence-electron chi connectivity index (χ3n) is 3.89. The average molecular weight is 398 g/mol. The molecule has 3 rings (SSSR count). The molecule has 0 saturated heterocycles. The van der Waals surface area contributed by atoms with E-state index in [-0.39, 0.29) is 24.2 Å². The van der Waals surface area contributed by atoms with Crippen molar-refractivity contribution in [2.24, 2.45) is 0 Å². The first kappa shape index (κ1) is 19.8.